The van der Waals surface area contributed by atoms with E-state index in [-0.39, 0.29) is 0 Å². The third-order valence-corrected chi connectivity index (χ3v) is 2.93. The lowest BCUT2D eigenvalue weighted by molar-refractivity contribution is 0.0293. The highest BCUT2D eigenvalue weighted by Crippen LogP contribution is 2.15. The first-order valence-corrected chi connectivity index (χ1v) is 6.80. The summed E-state index contributed by atoms with van der Waals surface area (Å²) in [6, 6.07) is 7.55. The first kappa shape index (κ1) is 16.2. The van der Waals surface area contributed by atoms with Gasteiger partial charge in [0.05, 0.1) is 19.3 Å². The van der Waals surface area contributed by atoms with Gasteiger partial charge in [0.2, 0.25) is 0 Å². The Morgan fingerprint density at radius 3 is 2.84 bits per heavy atom. The molecule has 0 spiro atoms. The summed E-state index contributed by atoms with van der Waals surface area (Å²) in [7, 11) is 0. The number of allylic oxidation sites excluding steroid dienone is 1. The predicted molar refractivity (Wildman–Crippen MR) is 79.4 cm³/mol. The third-order valence-electron chi connectivity index (χ3n) is 2.56. The summed E-state index contributed by atoms with van der Waals surface area (Å²) >= 11 is 6.01. The van der Waals surface area contributed by atoms with Crippen LogP contribution in [-0.2, 0) is 11.3 Å². The summed E-state index contributed by atoms with van der Waals surface area (Å²) in [6.07, 6.45) is 1.57. The maximum absolute atomic E-state index is 9.72. The quantitative estimate of drug-likeness (QED) is 0.569. The van der Waals surface area contributed by atoms with E-state index in [1.54, 1.807) is 0 Å². The zero-order valence-electron chi connectivity index (χ0n) is 11.5. The third kappa shape index (κ3) is 7.33. The minimum absolute atomic E-state index is 0.299. The van der Waals surface area contributed by atoms with Gasteiger partial charge in [0, 0.05) is 18.1 Å². The maximum atomic E-state index is 9.72. The van der Waals surface area contributed by atoms with Crippen molar-refractivity contribution in [1.82, 2.24) is 5.32 Å². The molecule has 0 heterocycles. The van der Waals surface area contributed by atoms with Crippen molar-refractivity contribution < 1.29 is 9.84 Å². The van der Waals surface area contributed by atoms with Gasteiger partial charge in [-0.1, -0.05) is 41.4 Å². The molecule has 0 aliphatic heterocycles. The van der Waals surface area contributed by atoms with Crippen LogP contribution < -0.4 is 5.32 Å². The number of hydrogen-bond donors (Lipinski definition) is 2. The number of nitrogens with one attached hydrogen (secondary N) is 1. The molecule has 0 saturated carbocycles. The molecule has 0 bridgehead atoms. The lowest BCUT2D eigenvalue weighted by Crippen LogP contribution is -2.30. The number of ether oxygens (including phenoxy) is 1. The molecule has 3 nitrogen and oxygen atoms in total. The molecule has 1 unspecified atom stereocenters. The molecule has 19 heavy (non-hydrogen) atoms. The molecular formula is C15H22ClNO2. The lowest BCUT2D eigenvalue weighted by atomic mass is 10.2. The summed E-state index contributed by atoms with van der Waals surface area (Å²) in [5.41, 5.74) is 2.20. The van der Waals surface area contributed by atoms with Gasteiger partial charge in [0.15, 0.2) is 0 Å². The normalized spacial score (nSPS) is 12.2. The van der Waals surface area contributed by atoms with Crippen LogP contribution in [0.15, 0.2) is 35.9 Å². The lowest BCUT2D eigenvalue weighted by Gasteiger charge is -2.12. The SMILES string of the molecule is CC(C)=CCNCC(O)COCc1ccccc1Cl. The van der Waals surface area contributed by atoms with Gasteiger partial charge >= 0.3 is 0 Å². The van der Waals surface area contributed by atoms with E-state index >= 15 is 0 Å². The van der Waals surface area contributed by atoms with E-state index < -0.39 is 6.10 Å². The topological polar surface area (TPSA) is 41.5 Å². The average Bonchev–Trinajstić information content (AvgIpc) is 2.37. The van der Waals surface area contributed by atoms with E-state index in [4.69, 9.17) is 16.3 Å². The Labute approximate surface area is 120 Å². The van der Waals surface area contributed by atoms with Crippen molar-refractivity contribution in [2.24, 2.45) is 0 Å². The fraction of sp³-hybridized carbons (Fsp3) is 0.467. The zero-order valence-corrected chi connectivity index (χ0v) is 12.3. The second-order valence-corrected chi connectivity index (χ2v) is 5.11. The summed E-state index contributed by atoms with van der Waals surface area (Å²) in [6.45, 7) is 6.10. The molecule has 106 valence electrons. The van der Waals surface area contributed by atoms with Crippen molar-refractivity contribution in [2.75, 3.05) is 19.7 Å². The highest BCUT2D eigenvalue weighted by atomic mass is 35.5. The van der Waals surface area contributed by atoms with Gasteiger partial charge in [-0.05, 0) is 25.5 Å². The highest BCUT2D eigenvalue weighted by molar-refractivity contribution is 6.31. The number of rotatable bonds is 8. The second-order valence-electron chi connectivity index (χ2n) is 4.70. The number of aliphatic hydroxyl groups is 1. The van der Waals surface area contributed by atoms with Crippen LogP contribution in [0.1, 0.15) is 19.4 Å². The minimum Gasteiger partial charge on any atom is -0.389 e. The van der Waals surface area contributed by atoms with Crippen molar-refractivity contribution >= 4 is 11.6 Å². The molecule has 1 rings (SSSR count). The molecule has 4 heteroatoms. The molecule has 0 aliphatic rings. The summed E-state index contributed by atoms with van der Waals surface area (Å²) in [5, 5.41) is 13.6. The largest absolute Gasteiger partial charge is 0.389 e. The van der Waals surface area contributed by atoms with Crippen molar-refractivity contribution in [2.45, 2.75) is 26.6 Å². The molecule has 2 N–H and O–H groups in total. The Balaban J connectivity index is 2.15. The van der Waals surface area contributed by atoms with E-state index in [1.807, 2.05) is 38.1 Å². The minimum atomic E-state index is -0.506. The smallest absolute Gasteiger partial charge is 0.0897 e. The molecule has 1 aromatic rings. The van der Waals surface area contributed by atoms with E-state index in [2.05, 4.69) is 11.4 Å². The van der Waals surface area contributed by atoms with Gasteiger partial charge in [-0.2, -0.15) is 0 Å². The molecule has 1 aromatic carbocycles. The van der Waals surface area contributed by atoms with Crippen LogP contribution in [-0.4, -0.2) is 30.9 Å². The molecule has 0 saturated heterocycles. The Morgan fingerprint density at radius 1 is 1.42 bits per heavy atom. The molecule has 0 radical (unpaired) electrons. The van der Waals surface area contributed by atoms with Gasteiger partial charge in [0.25, 0.3) is 0 Å². The first-order valence-electron chi connectivity index (χ1n) is 6.43. The van der Waals surface area contributed by atoms with Crippen LogP contribution in [0.4, 0.5) is 0 Å². The van der Waals surface area contributed by atoms with Crippen molar-refractivity contribution in [1.29, 1.82) is 0 Å². The maximum Gasteiger partial charge on any atom is 0.0897 e. The number of benzene rings is 1. The summed E-state index contributed by atoms with van der Waals surface area (Å²) in [5.74, 6) is 0. The average molecular weight is 284 g/mol. The fourth-order valence-corrected chi connectivity index (χ4v) is 1.70. The number of aliphatic hydroxyl groups excluding tert-OH is 1. The van der Waals surface area contributed by atoms with Crippen molar-refractivity contribution in [3.63, 3.8) is 0 Å². The summed E-state index contributed by atoms with van der Waals surface area (Å²) < 4.78 is 5.45. The van der Waals surface area contributed by atoms with Gasteiger partial charge < -0.3 is 15.2 Å². The van der Waals surface area contributed by atoms with Crippen LogP contribution in [0.2, 0.25) is 5.02 Å². The van der Waals surface area contributed by atoms with Gasteiger partial charge in [-0.3, -0.25) is 0 Å². The predicted octanol–water partition coefficient (Wildman–Crippen LogP) is 2.77. The Morgan fingerprint density at radius 2 is 2.16 bits per heavy atom. The molecular weight excluding hydrogens is 262 g/mol. The van der Waals surface area contributed by atoms with Crippen LogP contribution >= 0.6 is 11.6 Å². The van der Waals surface area contributed by atoms with E-state index in [9.17, 15) is 5.11 Å². The monoisotopic (exact) mass is 283 g/mol. The second kappa shape index (κ2) is 9.10. The number of hydrogen-bond acceptors (Lipinski definition) is 3. The first-order chi connectivity index (χ1) is 9.09. The van der Waals surface area contributed by atoms with Crippen LogP contribution in [0.5, 0.6) is 0 Å². The molecule has 0 aromatic heterocycles. The molecule has 0 amide bonds. The van der Waals surface area contributed by atoms with Gasteiger partial charge in [0.1, 0.15) is 0 Å². The van der Waals surface area contributed by atoms with Gasteiger partial charge in [-0.15, -0.1) is 0 Å². The zero-order chi connectivity index (χ0) is 14.1. The number of halogens is 1. The standard InChI is InChI=1S/C15H22ClNO2/c1-12(2)7-8-17-9-14(18)11-19-10-13-5-3-4-6-15(13)16/h3-7,14,17-18H,8-11H2,1-2H3. The highest BCUT2D eigenvalue weighted by Gasteiger charge is 2.04. The Hall–Kier alpha value is -0.870. The van der Waals surface area contributed by atoms with Crippen LogP contribution in [0.25, 0.3) is 0 Å². The fourth-order valence-electron chi connectivity index (χ4n) is 1.51. The molecule has 0 fully saturated rings. The van der Waals surface area contributed by atoms with Crippen LogP contribution in [0.3, 0.4) is 0 Å². The van der Waals surface area contributed by atoms with Crippen LogP contribution in [0, 0.1) is 0 Å². The van der Waals surface area contributed by atoms with E-state index in [0.717, 1.165) is 12.1 Å². The molecule has 1 atom stereocenters. The van der Waals surface area contributed by atoms with E-state index in [0.29, 0.717) is 24.8 Å². The van der Waals surface area contributed by atoms with Crippen molar-refractivity contribution in [3.05, 3.63) is 46.5 Å². The summed E-state index contributed by atoms with van der Waals surface area (Å²) in [4.78, 5) is 0. The molecule has 0 aliphatic carbocycles. The Kier molecular flexibility index (Phi) is 7.75. The van der Waals surface area contributed by atoms with E-state index in [1.165, 1.54) is 5.57 Å². The van der Waals surface area contributed by atoms with Gasteiger partial charge in [-0.25, -0.2) is 0 Å². The Bertz CT molecular complexity index is 403. The van der Waals surface area contributed by atoms with Crippen molar-refractivity contribution in [3.8, 4) is 0 Å².